The number of likely N-dealkylation sites (N-methyl/N-ethyl adjacent to an activating group) is 1. The Kier molecular flexibility index (Phi) is 6.44. The molecule has 0 saturated heterocycles. The third-order valence-electron chi connectivity index (χ3n) is 4.83. The van der Waals surface area contributed by atoms with Gasteiger partial charge in [-0.2, -0.15) is 0 Å². The summed E-state index contributed by atoms with van der Waals surface area (Å²) in [6.45, 7) is 10.5. The fourth-order valence-corrected chi connectivity index (χ4v) is 3.41. The average molecular weight is 364 g/mol. The van der Waals surface area contributed by atoms with E-state index in [1.807, 2.05) is 20.8 Å². The molecule has 2 amide bonds. The van der Waals surface area contributed by atoms with Crippen LogP contribution in [0.3, 0.4) is 0 Å². The van der Waals surface area contributed by atoms with Crippen molar-refractivity contribution >= 4 is 11.8 Å². The van der Waals surface area contributed by atoms with Crippen LogP contribution in [0.25, 0.3) is 0 Å². The van der Waals surface area contributed by atoms with Gasteiger partial charge in [0, 0.05) is 26.6 Å². The van der Waals surface area contributed by atoms with Crippen molar-refractivity contribution < 1.29 is 9.59 Å². The molecule has 0 saturated carbocycles. The van der Waals surface area contributed by atoms with E-state index in [9.17, 15) is 9.59 Å². The number of nitrogens with one attached hydrogen (secondary N) is 2. The van der Waals surface area contributed by atoms with Gasteiger partial charge in [0.2, 0.25) is 5.91 Å². The van der Waals surface area contributed by atoms with Gasteiger partial charge in [-0.15, -0.1) is 0 Å². The summed E-state index contributed by atoms with van der Waals surface area (Å²) in [6, 6.07) is -0.615. The molecule has 7 heteroatoms. The van der Waals surface area contributed by atoms with Crippen LogP contribution in [-0.2, 0) is 24.3 Å². The van der Waals surface area contributed by atoms with E-state index in [2.05, 4.69) is 39.1 Å². The molecule has 2 rings (SSSR count). The molecule has 0 fully saturated rings. The topological polar surface area (TPSA) is 79.3 Å². The molecule has 1 aliphatic rings. The first kappa shape index (κ1) is 20.4. The van der Waals surface area contributed by atoms with Crippen LogP contribution < -0.4 is 10.6 Å². The maximum Gasteiger partial charge on any atom is 0.272 e. The Morgan fingerprint density at radius 2 is 1.96 bits per heavy atom. The number of carbonyl (C=O) groups excluding carboxylic acids is 2. The number of rotatable bonds is 5. The van der Waals surface area contributed by atoms with E-state index < -0.39 is 11.5 Å². The maximum atomic E-state index is 13.0. The van der Waals surface area contributed by atoms with Crippen LogP contribution >= 0.6 is 0 Å². The highest BCUT2D eigenvalue weighted by molar-refractivity contribution is 5.97. The molecular formula is C19H33N5O2. The highest BCUT2D eigenvalue weighted by atomic mass is 16.2. The van der Waals surface area contributed by atoms with Crippen LogP contribution in [0, 0.1) is 5.41 Å². The fraction of sp³-hybridized carbons (Fsp3) is 0.737. The highest BCUT2D eigenvalue weighted by Gasteiger charge is 2.34. The number of aromatic nitrogens is 2. The van der Waals surface area contributed by atoms with Crippen LogP contribution in [0.4, 0.5) is 0 Å². The Morgan fingerprint density at radius 1 is 1.27 bits per heavy atom. The normalized spacial score (nSPS) is 16.5. The first-order chi connectivity index (χ1) is 12.2. The molecule has 7 nitrogen and oxygen atoms in total. The molecule has 0 radical (unpaired) electrons. The number of nitrogens with zero attached hydrogens (tertiary/aromatic N) is 3. The molecular weight excluding hydrogens is 330 g/mol. The molecule has 0 bridgehead atoms. The van der Waals surface area contributed by atoms with Gasteiger partial charge < -0.3 is 20.1 Å². The number of hydrogen-bond donors (Lipinski definition) is 2. The molecule has 0 unspecified atom stereocenters. The van der Waals surface area contributed by atoms with Crippen molar-refractivity contribution in [2.45, 2.75) is 66.1 Å². The van der Waals surface area contributed by atoms with Crippen molar-refractivity contribution in [3.63, 3.8) is 0 Å². The number of carbonyl (C=O) groups is 2. The summed E-state index contributed by atoms with van der Waals surface area (Å²) in [7, 11) is 3.65. The number of fused-ring (bicyclic) bond motifs is 1. The molecule has 0 aromatic carbocycles. The van der Waals surface area contributed by atoms with E-state index in [0.717, 1.165) is 43.9 Å². The van der Waals surface area contributed by atoms with Crippen molar-refractivity contribution in [3.05, 3.63) is 17.2 Å². The standard InChI is InChI=1S/C19H33N5O2/c1-7-9-14-21-15(13-12-23(6)10-8-11-24(13)14)17(25)22-16(18(26)20-5)19(2,3)4/h16H,7-12H2,1-6H3,(H,20,26)(H,22,25)/t16-/m1/s1. The first-order valence-corrected chi connectivity index (χ1v) is 9.48. The zero-order chi connectivity index (χ0) is 19.5. The van der Waals surface area contributed by atoms with Crippen LogP contribution in [0.2, 0.25) is 0 Å². The van der Waals surface area contributed by atoms with Gasteiger partial charge in [0.1, 0.15) is 11.9 Å². The number of imidazole rings is 1. The molecule has 1 atom stereocenters. The van der Waals surface area contributed by atoms with E-state index in [-0.39, 0.29) is 11.8 Å². The van der Waals surface area contributed by atoms with Crippen molar-refractivity contribution in [2.75, 3.05) is 20.6 Å². The second-order valence-corrected chi connectivity index (χ2v) is 8.20. The van der Waals surface area contributed by atoms with Gasteiger partial charge >= 0.3 is 0 Å². The molecule has 2 N–H and O–H groups in total. The third kappa shape index (κ3) is 4.44. The van der Waals surface area contributed by atoms with Gasteiger partial charge in [0.25, 0.3) is 5.91 Å². The molecule has 1 aromatic rings. The SMILES string of the molecule is CCCc1nc(C(=O)N[C@H](C(=O)NC)C(C)(C)C)c2n1CCCN(C)C2. The number of amides is 2. The maximum absolute atomic E-state index is 13.0. The van der Waals surface area contributed by atoms with Crippen molar-refractivity contribution in [1.29, 1.82) is 0 Å². The van der Waals surface area contributed by atoms with E-state index >= 15 is 0 Å². The van der Waals surface area contributed by atoms with Crippen LogP contribution in [0.15, 0.2) is 0 Å². The van der Waals surface area contributed by atoms with Crippen molar-refractivity contribution in [2.24, 2.45) is 5.41 Å². The summed E-state index contributed by atoms with van der Waals surface area (Å²) in [4.78, 5) is 32.2. The van der Waals surface area contributed by atoms with Gasteiger partial charge in [0.15, 0.2) is 5.69 Å². The van der Waals surface area contributed by atoms with Crippen molar-refractivity contribution in [3.8, 4) is 0 Å². The summed E-state index contributed by atoms with van der Waals surface area (Å²) in [6.07, 6.45) is 2.87. The van der Waals surface area contributed by atoms with E-state index in [0.29, 0.717) is 12.2 Å². The van der Waals surface area contributed by atoms with Crippen LogP contribution in [0.5, 0.6) is 0 Å². The zero-order valence-electron chi connectivity index (χ0n) is 17.0. The van der Waals surface area contributed by atoms with Crippen LogP contribution in [0.1, 0.15) is 62.5 Å². The lowest BCUT2D eigenvalue weighted by Crippen LogP contribution is -2.53. The van der Waals surface area contributed by atoms with E-state index in [1.165, 1.54) is 0 Å². The van der Waals surface area contributed by atoms with Gasteiger partial charge in [0.05, 0.1) is 5.69 Å². The average Bonchev–Trinajstić information content (AvgIpc) is 2.76. The Hall–Kier alpha value is -1.89. The molecule has 2 heterocycles. The Bertz CT molecular complexity index is 660. The van der Waals surface area contributed by atoms with Crippen LogP contribution in [-0.4, -0.2) is 52.9 Å². The quantitative estimate of drug-likeness (QED) is 0.832. The molecule has 1 aliphatic heterocycles. The minimum absolute atomic E-state index is 0.193. The molecule has 0 spiro atoms. The summed E-state index contributed by atoms with van der Waals surface area (Å²) in [5, 5.41) is 5.57. The summed E-state index contributed by atoms with van der Waals surface area (Å²) >= 11 is 0. The molecule has 26 heavy (non-hydrogen) atoms. The molecule has 1 aromatic heterocycles. The zero-order valence-corrected chi connectivity index (χ0v) is 17.0. The Morgan fingerprint density at radius 3 is 2.54 bits per heavy atom. The number of aryl methyl sites for hydroxylation is 1. The van der Waals surface area contributed by atoms with Gasteiger partial charge in [-0.05, 0) is 31.8 Å². The van der Waals surface area contributed by atoms with E-state index in [4.69, 9.17) is 0 Å². The van der Waals surface area contributed by atoms with E-state index in [1.54, 1.807) is 7.05 Å². The first-order valence-electron chi connectivity index (χ1n) is 9.48. The van der Waals surface area contributed by atoms with Gasteiger partial charge in [-0.25, -0.2) is 4.98 Å². The predicted molar refractivity (Wildman–Crippen MR) is 102 cm³/mol. The Labute approximate surface area is 156 Å². The second kappa shape index (κ2) is 8.20. The Balaban J connectivity index is 2.37. The smallest absolute Gasteiger partial charge is 0.272 e. The molecule has 0 aliphatic carbocycles. The number of hydrogen-bond acceptors (Lipinski definition) is 4. The monoisotopic (exact) mass is 363 g/mol. The summed E-state index contributed by atoms with van der Waals surface area (Å²) in [5.74, 6) is 0.507. The highest BCUT2D eigenvalue weighted by Crippen LogP contribution is 2.22. The second-order valence-electron chi connectivity index (χ2n) is 8.20. The lowest BCUT2D eigenvalue weighted by atomic mass is 9.86. The molecule has 146 valence electrons. The summed E-state index contributed by atoms with van der Waals surface area (Å²) in [5.41, 5.74) is 1.02. The lowest BCUT2D eigenvalue weighted by molar-refractivity contribution is -0.124. The fourth-order valence-electron chi connectivity index (χ4n) is 3.41. The third-order valence-corrected chi connectivity index (χ3v) is 4.83. The minimum Gasteiger partial charge on any atom is -0.357 e. The van der Waals surface area contributed by atoms with Gasteiger partial charge in [-0.1, -0.05) is 27.7 Å². The van der Waals surface area contributed by atoms with Crippen molar-refractivity contribution in [1.82, 2.24) is 25.1 Å². The minimum atomic E-state index is -0.615. The van der Waals surface area contributed by atoms with Gasteiger partial charge in [-0.3, -0.25) is 9.59 Å². The lowest BCUT2D eigenvalue weighted by Gasteiger charge is -2.29. The summed E-state index contributed by atoms with van der Waals surface area (Å²) < 4.78 is 2.20. The largest absolute Gasteiger partial charge is 0.357 e. The predicted octanol–water partition coefficient (Wildman–Crippen LogP) is 1.56.